The summed E-state index contributed by atoms with van der Waals surface area (Å²) in [7, 11) is 0. The van der Waals surface area contributed by atoms with Crippen molar-refractivity contribution in [2.45, 2.75) is 6.54 Å². The van der Waals surface area contributed by atoms with Gasteiger partial charge in [-0.2, -0.15) is 0 Å². The third-order valence-corrected chi connectivity index (χ3v) is 4.18. The summed E-state index contributed by atoms with van der Waals surface area (Å²) < 4.78 is 10.6. The van der Waals surface area contributed by atoms with Crippen LogP contribution < -0.4 is 14.8 Å². The number of ether oxygens (including phenoxy) is 2. The minimum absolute atomic E-state index is 0.137. The molecule has 1 fully saturated rings. The van der Waals surface area contributed by atoms with Crippen molar-refractivity contribution in [3.8, 4) is 11.5 Å². The number of hydrogen-bond acceptors (Lipinski definition) is 4. The van der Waals surface area contributed by atoms with Gasteiger partial charge in [-0.3, -0.25) is 9.69 Å². The highest BCUT2D eigenvalue weighted by molar-refractivity contribution is 7.80. The zero-order chi connectivity index (χ0) is 16.5. The molecule has 6 heteroatoms. The Morgan fingerprint density at radius 2 is 1.92 bits per heavy atom. The summed E-state index contributed by atoms with van der Waals surface area (Å²) >= 11 is 5.30. The molecule has 0 radical (unpaired) electrons. The number of nitrogens with zero attached hydrogens (tertiary/aromatic N) is 1. The van der Waals surface area contributed by atoms with E-state index in [0.717, 1.165) is 11.1 Å². The van der Waals surface area contributed by atoms with E-state index in [0.29, 0.717) is 28.9 Å². The van der Waals surface area contributed by atoms with Gasteiger partial charge in [0.25, 0.3) is 5.91 Å². The molecule has 1 amide bonds. The second-order valence-corrected chi connectivity index (χ2v) is 5.86. The van der Waals surface area contributed by atoms with Crippen molar-refractivity contribution in [3.05, 3.63) is 65.4 Å². The van der Waals surface area contributed by atoms with Gasteiger partial charge in [0.2, 0.25) is 6.79 Å². The summed E-state index contributed by atoms with van der Waals surface area (Å²) in [6.07, 6.45) is 1.77. The molecule has 0 unspecified atom stereocenters. The van der Waals surface area contributed by atoms with Crippen molar-refractivity contribution >= 4 is 29.3 Å². The lowest BCUT2D eigenvalue weighted by molar-refractivity contribution is -0.122. The smallest absolute Gasteiger partial charge is 0.276 e. The number of amides is 1. The van der Waals surface area contributed by atoms with Crippen LogP contribution in [0.4, 0.5) is 0 Å². The van der Waals surface area contributed by atoms with Crippen LogP contribution in [0, 0.1) is 0 Å². The molecule has 1 N–H and O–H groups in total. The number of thiocarbonyl (C=S) groups is 1. The van der Waals surface area contributed by atoms with Crippen LogP contribution in [0.15, 0.2) is 54.2 Å². The lowest BCUT2D eigenvalue weighted by Gasteiger charge is -2.13. The van der Waals surface area contributed by atoms with Gasteiger partial charge in [0.05, 0.1) is 6.54 Å². The molecule has 2 heterocycles. The zero-order valence-corrected chi connectivity index (χ0v) is 13.5. The van der Waals surface area contributed by atoms with Crippen LogP contribution in [-0.2, 0) is 11.3 Å². The van der Waals surface area contributed by atoms with Crippen LogP contribution >= 0.6 is 12.2 Å². The Morgan fingerprint density at radius 1 is 1.12 bits per heavy atom. The first-order valence-corrected chi connectivity index (χ1v) is 7.90. The molecule has 2 aromatic rings. The minimum atomic E-state index is -0.137. The lowest BCUT2D eigenvalue weighted by atomic mass is 10.1. The van der Waals surface area contributed by atoms with Gasteiger partial charge >= 0.3 is 0 Å². The first-order chi connectivity index (χ1) is 11.7. The molecular formula is C18H14N2O3S. The number of benzene rings is 2. The van der Waals surface area contributed by atoms with Crippen LogP contribution in [0.5, 0.6) is 11.5 Å². The summed E-state index contributed by atoms with van der Waals surface area (Å²) in [5.41, 5.74) is 2.33. The van der Waals surface area contributed by atoms with E-state index in [4.69, 9.17) is 21.7 Å². The Hall–Kier alpha value is -2.86. The Bertz CT molecular complexity index is 849. The summed E-state index contributed by atoms with van der Waals surface area (Å²) in [5, 5.41) is 3.40. The average molecular weight is 338 g/mol. The van der Waals surface area contributed by atoms with Crippen molar-refractivity contribution in [3.63, 3.8) is 0 Å². The summed E-state index contributed by atoms with van der Waals surface area (Å²) in [4.78, 5) is 14.2. The molecule has 120 valence electrons. The predicted molar refractivity (Wildman–Crippen MR) is 93.3 cm³/mol. The first kappa shape index (κ1) is 14.7. The maximum atomic E-state index is 12.6. The fourth-order valence-corrected chi connectivity index (χ4v) is 2.91. The SMILES string of the molecule is O=C1/C(=C\c2ccc3c(c2)OCO3)NC(=S)N1Cc1ccccc1. The monoisotopic (exact) mass is 338 g/mol. The van der Waals surface area contributed by atoms with Crippen LogP contribution in [0.1, 0.15) is 11.1 Å². The highest BCUT2D eigenvalue weighted by Crippen LogP contribution is 2.33. The Balaban J connectivity index is 1.56. The number of carbonyl (C=O) groups is 1. The van der Waals surface area contributed by atoms with Crippen LogP contribution in [0.2, 0.25) is 0 Å². The summed E-state index contributed by atoms with van der Waals surface area (Å²) in [5.74, 6) is 1.25. The predicted octanol–water partition coefficient (Wildman–Crippen LogP) is 2.67. The van der Waals surface area contributed by atoms with Gasteiger partial charge in [-0.25, -0.2) is 0 Å². The van der Waals surface area contributed by atoms with E-state index >= 15 is 0 Å². The topological polar surface area (TPSA) is 50.8 Å². The Labute approximate surface area is 144 Å². The van der Waals surface area contributed by atoms with Crippen molar-refractivity contribution in [1.82, 2.24) is 10.2 Å². The highest BCUT2D eigenvalue weighted by Gasteiger charge is 2.30. The standard InChI is InChI=1S/C18H14N2O3S/c21-17-14(8-13-6-7-15-16(9-13)23-11-22-15)19-18(24)20(17)10-12-4-2-1-3-5-12/h1-9H,10-11H2,(H,19,24)/b14-8+. The van der Waals surface area contributed by atoms with Gasteiger partial charge in [0.15, 0.2) is 16.6 Å². The van der Waals surface area contributed by atoms with Crippen LogP contribution in [0.25, 0.3) is 6.08 Å². The van der Waals surface area contributed by atoms with E-state index in [-0.39, 0.29) is 12.7 Å². The van der Waals surface area contributed by atoms with Crippen LogP contribution in [0.3, 0.4) is 0 Å². The molecule has 2 aromatic carbocycles. The molecule has 0 saturated carbocycles. The fourth-order valence-electron chi connectivity index (χ4n) is 2.65. The quantitative estimate of drug-likeness (QED) is 0.689. The molecular weight excluding hydrogens is 324 g/mol. The Kier molecular flexibility index (Phi) is 3.66. The first-order valence-electron chi connectivity index (χ1n) is 7.49. The molecule has 0 atom stereocenters. The van der Waals surface area contributed by atoms with Crippen molar-refractivity contribution in [1.29, 1.82) is 0 Å². The molecule has 1 saturated heterocycles. The van der Waals surface area contributed by atoms with Gasteiger partial charge in [-0.05, 0) is 41.6 Å². The number of rotatable bonds is 3. The third-order valence-electron chi connectivity index (χ3n) is 3.85. The van der Waals surface area contributed by atoms with E-state index in [1.807, 2.05) is 48.5 Å². The van der Waals surface area contributed by atoms with Crippen molar-refractivity contribution in [2.24, 2.45) is 0 Å². The van der Waals surface area contributed by atoms with Crippen LogP contribution in [-0.4, -0.2) is 22.7 Å². The molecule has 4 rings (SSSR count). The molecule has 0 aromatic heterocycles. The number of carbonyl (C=O) groups excluding carboxylic acids is 1. The summed E-state index contributed by atoms with van der Waals surface area (Å²) in [6, 6.07) is 15.3. The van der Waals surface area contributed by atoms with E-state index in [2.05, 4.69) is 5.32 Å². The maximum Gasteiger partial charge on any atom is 0.276 e. The second-order valence-electron chi connectivity index (χ2n) is 5.48. The zero-order valence-electron chi connectivity index (χ0n) is 12.7. The number of nitrogens with one attached hydrogen (secondary N) is 1. The largest absolute Gasteiger partial charge is 0.454 e. The van der Waals surface area contributed by atoms with Crippen molar-refractivity contribution in [2.75, 3.05) is 6.79 Å². The van der Waals surface area contributed by atoms with E-state index < -0.39 is 0 Å². The summed E-state index contributed by atoms with van der Waals surface area (Å²) in [6.45, 7) is 0.672. The molecule has 24 heavy (non-hydrogen) atoms. The molecule has 0 spiro atoms. The van der Waals surface area contributed by atoms with Gasteiger partial charge in [-0.1, -0.05) is 36.4 Å². The van der Waals surface area contributed by atoms with Gasteiger partial charge in [0, 0.05) is 0 Å². The third kappa shape index (κ3) is 2.72. The molecule has 5 nitrogen and oxygen atoms in total. The average Bonchev–Trinajstić information content (AvgIpc) is 3.16. The van der Waals surface area contributed by atoms with E-state index in [1.54, 1.807) is 11.0 Å². The van der Waals surface area contributed by atoms with Crippen molar-refractivity contribution < 1.29 is 14.3 Å². The second kappa shape index (κ2) is 5.98. The molecule has 2 aliphatic heterocycles. The van der Waals surface area contributed by atoms with E-state index in [9.17, 15) is 4.79 Å². The van der Waals surface area contributed by atoms with E-state index in [1.165, 1.54) is 0 Å². The maximum absolute atomic E-state index is 12.6. The fraction of sp³-hybridized carbons (Fsp3) is 0.111. The number of hydrogen-bond donors (Lipinski definition) is 1. The Morgan fingerprint density at radius 3 is 2.75 bits per heavy atom. The molecule has 0 bridgehead atoms. The van der Waals surface area contributed by atoms with Gasteiger partial charge in [-0.15, -0.1) is 0 Å². The normalized spacial score (nSPS) is 17.5. The number of fused-ring (bicyclic) bond motifs is 1. The van der Waals surface area contributed by atoms with Gasteiger partial charge < -0.3 is 14.8 Å². The lowest BCUT2D eigenvalue weighted by Crippen LogP contribution is -2.29. The highest BCUT2D eigenvalue weighted by atomic mass is 32.1. The minimum Gasteiger partial charge on any atom is -0.454 e. The van der Waals surface area contributed by atoms with Gasteiger partial charge in [0.1, 0.15) is 5.70 Å². The molecule has 0 aliphatic carbocycles. The molecule has 2 aliphatic rings.